The van der Waals surface area contributed by atoms with E-state index in [1.54, 1.807) is 36.2 Å². The number of sulfone groups is 1. The van der Waals surface area contributed by atoms with Gasteiger partial charge in [-0.05, 0) is 55.7 Å². The Balaban J connectivity index is 1.36. The molecule has 0 unspecified atom stereocenters. The molecule has 0 radical (unpaired) electrons. The maximum absolute atomic E-state index is 11.8. The highest BCUT2D eigenvalue weighted by Crippen LogP contribution is 2.23. The predicted octanol–water partition coefficient (Wildman–Crippen LogP) is 3.57. The van der Waals surface area contributed by atoms with Crippen LogP contribution in [0.1, 0.15) is 25.3 Å². The molecule has 0 saturated carbocycles. The van der Waals surface area contributed by atoms with Crippen LogP contribution in [0.5, 0.6) is 0 Å². The van der Waals surface area contributed by atoms with Gasteiger partial charge in [0.1, 0.15) is 5.82 Å². The zero-order chi connectivity index (χ0) is 22.7. The summed E-state index contributed by atoms with van der Waals surface area (Å²) in [7, 11) is -3.25. The van der Waals surface area contributed by atoms with Crippen molar-refractivity contribution in [3.8, 4) is 5.82 Å². The van der Waals surface area contributed by atoms with Crippen LogP contribution in [0.3, 0.4) is 0 Å². The first kappa shape index (κ1) is 22.3. The highest BCUT2D eigenvalue weighted by atomic mass is 32.2. The topological polar surface area (TPSA) is 90.7 Å². The second-order valence-electron chi connectivity index (χ2n) is 7.90. The number of amides is 1. The summed E-state index contributed by atoms with van der Waals surface area (Å²) >= 11 is 0. The summed E-state index contributed by atoms with van der Waals surface area (Å²) < 4.78 is 36.6. The molecule has 1 amide bonds. The SMILES string of the molecule is CCOC(=O)N1CCC(OCc2ccc(-n3ccc4cc(S(C)(=O)=O)ccc43)nc2)CC1. The van der Waals surface area contributed by atoms with Gasteiger partial charge in [-0.1, -0.05) is 6.07 Å². The number of aromatic nitrogens is 2. The van der Waals surface area contributed by atoms with Gasteiger partial charge in [-0.2, -0.15) is 0 Å². The Morgan fingerprint density at radius 2 is 1.94 bits per heavy atom. The number of piperidine rings is 1. The molecule has 8 nitrogen and oxygen atoms in total. The highest BCUT2D eigenvalue weighted by Gasteiger charge is 2.24. The standard InChI is InChI=1S/C23H27N3O5S/c1-3-30-23(27)25-11-9-19(10-12-25)31-16-17-4-7-22(24-15-17)26-13-8-18-14-20(32(2,28)29)5-6-21(18)26/h4-8,13-15,19H,3,9-12,16H2,1-2H3. The van der Waals surface area contributed by atoms with Gasteiger partial charge >= 0.3 is 6.09 Å². The Morgan fingerprint density at radius 1 is 1.16 bits per heavy atom. The maximum Gasteiger partial charge on any atom is 0.409 e. The van der Waals surface area contributed by atoms with E-state index in [0.717, 1.165) is 35.1 Å². The Labute approximate surface area is 187 Å². The summed E-state index contributed by atoms with van der Waals surface area (Å²) in [5, 5.41) is 0.844. The molecule has 0 spiro atoms. The first-order chi connectivity index (χ1) is 15.3. The van der Waals surface area contributed by atoms with Crippen molar-refractivity contribution in [2.24, 2.45) is 0 Å². The van der Waals surface area contributed by atoms with Crippen molar-refractivity contribution >= 4 is 26.8 Å². The van der Waals surface area contributed by atoms with Gasteiger partial charge in [-0.15, -0.1) is 0 Å². The maximum atomic E-state index is 11.8. The molecule has 4 rings (SSSR count). The normalized spacial score (nSPS) is 15.2. The molecule has 0 aliphatic carbocycles. The third kappa shape index (κ3) is 4.94. The number of carbonyl (C=O) groups excluding carboxylic acids is 1. The first-order valence-corrected chi connectivity index (χ1v) is 12.5. The van der Waals surface area contributed by atoms with Crippen molar-refractivity contribution < 1.29 is 22.7 Å². The molecule has 0 bridgehead atoms. The lowest BCUT2D eigenvalue weighted by Crippen LogP contribution is -2.41. The second kappa shape index (κ2) is 9.30. The third-order valence-electron chi connectivity index (χ3n) is 5.60. The lowest BCUT2D eigenvalue weighted by Gasteiger charge is -2.31. The molecule has 1 aromatic carbocycles. The van der Waals surface area contributed by atoms with Crippen LogP contribution in [-0.2, 0) is 25.9 Å². The van der Waals surface area contributed by atoms with Gasteiger partial charge in [-0.25, -0.2) is 18.2 Å². The Kier molecular flexibility index (Phi) is 6.48. The van der Waals surface area contributed by atoms with E-state index in [4.69, 9.17) is 9.47 Å². The zero-order valence-corrected chi connectivity index (χ0v) is 19.0. The molecule has 32 heavy (non-hydrogen) atoms. The number of ether oxygens (including phenoxy) is 2. The minimum absolute atomic E-state index is 0.109. The molecule has 0 N–H and O–H groups in total. The van der Waals surface area contributed by atoms with Crippen LogP contribution in [0.4, 0.5) is 4.79 Å². The first-order valence-electron chi connectivity index (χ1n) is 10.6. The monoisotopic (exact) mass is 457 g/mol. The van der Waals surface area contributed by atoms with Crippen molar-refractivity contribution in [2.75, 3.05) is 26.0 Å². The van der Waals surface area contributed by atoms with E-state index < -0.39 is 9.84 Å². The molecule has 3 heterocycles. The fraction of sp³-hybridized carbons (Fsp3) is 0.391. The van der Waals surface area contributed by atoms with Gasteiger partial charge < -0.3 is 18.9 Å². The number of likely N-dealkylation sites (tertiary alicyclic amines) is 1. The van der Waals surface area contributed by atoms with Crippen LogP contribution >= 0.6 is 0 Å². The summed E-state index contributed by atoms with van der Waals surface area (Å²) in [5.41, 5.74) is 1.86. The number of benzene rings is 1. The van der Waals surface area contributed by atoms with Crippen molar-refractivity contribution in [1.29, 1.82) is 0 Å². The molecule has 1 aliphatic rings. The number of hydrogen-bond donors (Lipinski definition) is 0. The van der Waals surface area contributed by atoms with Crippen molar-refractivity contribution in [1.82, 2.24) is 14.5 Å². The van der Waals surface area contributed by atoms with Gasteiger partial charge in [0, 0.05) is 37.1 Å². The van der Waals surface area contributed by atoms with Crippen LogP contribution < -0.4 is 0 Å². The molecular weight excluding hydrogens is 430 g/mol. The average Bonchev–Trinajstić information content (AvgIpc) is 3.21. The molecular formula is C23H27N3O5S. The Hall–Kier alpha value is -2.91. The molecule has 170 valence electrons. The van der Waals surface area contributed by atoms with E-state index in [2.05, 4.69) is 4.98 Å². The van der Waals surface area contributed by atoms with E-state index in [9.17, 15) is 13.2 Å². The Morgan fingerprint density at radius 3 is 2.59 bits per heavy atom. The molecule has 1 saturated heterocycles. The predicted molar refractivity (Wildman–Crippen MR) is 121 cm³/mol. The van der Waals surface area contributed by atoms with Gasteiger partial charge in [0.15, 0.2) is 9.84 Å². The summed E-state index contributed by atoms with van der Waals surface area (Å²) in [5.74, 6) is 0.749. The lowest BCUT2D eigenvalue weighted by atomic mass is 10.1. The van der Waals surface area contributed by atoms with E-state index >= 15 is 0 Å². The molecule has 2 aromatic heterocycles. The van der Waals surface area contributed by atoms with Crippen molar-refractivity contribution in [3.63, 3.8) is 0 Å². The largest absolute Gasteiger partial charge is 0.450 e. The molecule has 9 heteroatoms. The van der Waals surface area contributed by atoms with Gasteiger partial charge in [0.25, 0.3) is 0 Å². The number of carbonyl (C=O) groups is 1. The minimum atomic E-state index is -3.25. The quantitative estimate of drug-likeness (QED) is 0.562. The van der Waals surface area contributed by atoms with Gasteiger partial charge in [-0.3, -0.25) is 0 Å². The summed E-state index contributed by atoms with van der Waals surface area (Å²) in [6.07, 6.45) is 6.31. The number of fused-ring (bicyclic) bond motifs is 1. The number of hydrogen-bond acceptors (Lipinski definition) is 6. The van der Waals surface area contributed by atoms with Crippen LogP contribution in [0.2, 0.25) is 0 Å². The van der Waals surface area contributed by atoms with E-state index in [1.165, 1.54) is 6.26 Å². The Bertz CT molecular complexity index is 1200. The van der Waals surface area contributed by atoms with E-state index in [0.29, 0.717) is 31.2 Å². The molecule has 3 aromatic rings. The fourth-order valence-electron chi connectivity index (χ4n) is 3.83. The molecule has 0 atom stereocenters. The molecule has 1 aliphatic heterocycles. The summed E-state index contributed by atoms with van der Waals surface area (Å²) in [4.78, 5) is 18.4. The van der Waals surface area contributed by atoms with Gasteiger partial charge in [0.2, 0.25) is 0 Å². The highest BCUT2D eigenvalue weighted by molar-refractivity contribution is 7.90. The summed E-state index contributed by atoms with van der Waals surface area (Å²) in [6, 6.07) is 10.9. The number of pyridine rings is 1. The van der Waals surface area contributed by atoms with Crippen LogP contribution in [0.25, 0.3) is 16.7 Å². The van der Waals surface area contributed by atoms with E-state index in [-0.39, 0.29) is 12.2 Å². The summed E-state index contributed by atoms with van der Waals surface area (Å²) in [6.45, 7) is 3.94. The van der Waals surface area contributed by atoms with Crippen LogP contribution in [-0.4, -0.2) is 61.0 Å². The van der Waals surface area contributed by atoms with Crippen LogP contribution in [0, 0.1) is 0 Å². The number of rotatable bonds is 6. The second-order valence-corrected chi connectivity index (χ2v) is 9.92. The number of nitrogens with zero attached hydrogens (tertiary/aromatic N) is 3. The smallest absolute Gasteiger partial charge is 0.409 e. The van der Waals surface area contributed by atoms with Crippen molar-refractivity contribution in [3.05, 3.63) is 54.4 Å². The van der Waals surface area contributed by atoms with E-state index in [1.807, 2.05) is 29.0 Å². The zero-order valence-electron chi connectivity index (χ0n) is 18.2. The minimum Gasteiger partial charge on any atom is -0.450 e. The van der Waals surface area contributed by atoms with Gasteiger partial charge in [0.05, 0.1) is 29.7 Å². The lowest BCUT2D eigenvalue weighted by molar-refractivity contribution is -0.00286. The molecule has 1 fully saturated rings. The van der Waals surface area contributed by atoms with Crippen LogP contribution in [0.15, 0.2) is 53.7 Å². The average molecular weight is 458 g/mol. The van der Waals surface area contributed by atoms with Crippen molar-refractivity contribution in [2.45, 2.75) is 37.4 Å². The fourth-order valence-corrected chi connectivity index (χ4v) is 4.49. The third-order valence-corrected chi connectivity index (χ3v) is 6.71.